The fourth-order valence-electron chi connectivity index (χ4n) is 1.57. The fraction of sp³-hybridized carbons (Fsp3) is 0. The summed E-state index contributed by atoms with van der Waals surface area (Å²) in [6, 6.07) is 9.18. The van der Waals surface area contributed by atoms with E-state index in [4.69, 9.17) is 23.2 Å². The van der Waals surface area contributed by atoms with Crippen molar-refractivity contribution in [2.75, 3.05) is 0 Å². The van der Waals surface area contributed by atoms with E-state index in [-0.39, 0.29) is 0 Å². The Kier molecular flexibility index (Phi) is 3.07. The van der Waals surface area contributed by atoms with Crippen molar-refractivity contribution in [3.8, 4) is 22.1 Å². The molecule has 18 heavy (non-hydrogen) atoms. The van der Waals surface area contributed by atoms with Crippen molar-refractivity contribution in [1.82, 2.24) is 15.2 Å². The van der Waals surface area contributed by atoms with Gasteiger partial charge in [0.1, 0.15) is 0 Å². The maximum absolute atomic E-state index is 6.11. The Labute approximate surface area is 117 Å². The normalized spacial score (nSPS) is 10.8. The minimum absolute atomic E-state index is 0.547. The number of rotatable bonds is 2. The second-order valence-electron chi connectivity index (χ2n) is 3.61. The van der Waals surface area contributed by atoms with Gasteiger partial charge >= 0.3 is 0 Å². The zero-order valence-electron chi connectivity index (χ0n) is 9.02. The first-order valence-electron chi connectivity index (χ1n) is 5.16. The summed E-state index contributed by atoms with van der Waals surface area (Å²) in [6.07, 6.45) is 0. The number of thiophene rings is 1. The molecule has 0 saturated heterocycles. The summed E-state index contributed by atoms with van der Waals surface area (Å²) in [5, 5.41) is 10.3. The predicted octanol–water partition coefficient (Wildman–Crippen LogP) is 4.51. The molecule has 2 heterocycles. The summed E-state index contributed by atoms with van der Waals surface area (Å²) in [5.74, 6) is 1.28. The number of nitrogens with one attached hydrogen (secondary N) is 1. The average Bonchev–Trinajstić information content (AvgIpc) is 3.00. The van der Waals surface area contributed by atoms with Crippen molar-refractivity contribution in [2.45, 2.75) is 0 Å². The monoisotopic (exact) mass is 295 g/mol. The molecule has 0 aliphatic carbocycles. The van der Waals surface area contributed by atoms with Gasteiger partial charge in [-0.15, -0.1) is 11.3 Å². The van der Waals surface area contributed by atoms with Gasteiger partial charge in [0.2, 0.25) is 0 Å². The van der Waals surface area contributed by atoms with Crippen molar-refractivity contribution in [3.63, 3.8) is 0 Å². The molecular formula is C12H7Cl2N3S. The van der Waals surface area contributed by atoms with E-state index in [9.17, 15) is 0 Å². The summed E-state index contributed by atoms with van der Waals surface area (Å²) < 4.78 is 0. The van der Waals surface area contributed by atoms with Crippen LogP contribution in [-0.4, -0.2) is 15.2 Å². The van der Waals surface area contributed by atoms with Crippen LogP contribution < -0.4 is 0 Å². The summed E-state index contributed by atoms with van der Waals surface area (Å²) >= 11 is 13.7. The van der Waals surface area contributed by atoms with E-state index in [1.807, 2.05) is 17.5 Å². The summed E-state index contributed by atoms with van der Waals surface area (Å²) in [5.41, 5.74) is 0.725. The molecular weight excluding hydrogens is 289 g/mol. The van der Waals surface area contributed by atoms with Gasteiger partial charge in [0, 0.05) is 10.6 Å². The molecule has 1 N–H and O–H groups in total. The molecule has 0 fully saturated rings. The Bertz CT molecular complexity index is 676. The molecule has 0 atom stereocenters. The highest BCUT2D eigenvalue weighted by Gasteiger charge is 2.11. The van der Waals surface area contributed by atoms with E-state index < -0.39 is 0 Å². The molecule has 0 radical (unpaired) electrons. The zero-order valence-corrected chi connectivity index (χ0v) is 11.4. The van der Waals surface area contributed by atoms with Crippen LogP contribution in [-0.2, 0) is 0 Å². The quantitative estimate of drug-likeness (QED) is 0.756. The number of halogens is 2. The molecule has 0 aliphatic rings. The van der Waals surface area contributed by atoms with Crippen LogP contribution in [0.5, 0.6) is 0 Å². The Morgan fingerprint density at radius 2 is 2.06 bits per heavy atom. The standard InChI is InChI=1S/C12H7Cl2N3S/c13-7-3-4-9(14)8(6-7)11-15-12(17-16-11)10-2-1-5-18-10/h1-6H,(H,15,16,17). The number of benzene rings is 1. The zero-order chi connectivity index (χ0) is 12.5. The van der Waals surface area contributed by atoms with Crippen LogP contribution in [0.4, 0.5) is 0 Å². The SMILES string of the molecule is Clc1ccc(Cl)c(-c2n[nH]c(-c3cccs3)n2)c1. The molecule has 90 valence electrons. The summed E-state index contributed by atoms with van der Waals surface area (Å²) in [4.78, 5) is 5.46. The molecule has 0 saturated carbocycles. The lowest BCUT2D eigenvalue weighted by molar-refractivity contribution is 1.10. The highest BCUT2D eigenvalue weighted by molar-refractivity contribution is 7.13. The van der Waals surface area contributed by atoms with Crippen LogP contribution in [0.15, 0.2) is 35.7 Å². The van der Waals surface area contributed by atoms with Crippen LogP contribution in [0.2, 0.25) is 10.0 Å². The van der Waals surface area contributed by atoms with Crippen LogP contribution in [0, 0.1) is 0 Å². The Morgan fingerprint density at radius 3 is 2.83 bits per heavy atom. The predicted molar refractivity (Wildman–Crippen MR) is 75.2 cm³/mol. The average molecular weight is 296 g/mol. The van der Waals surface area contributed by atoms with E-state index in [1.54, 1.807) is 29.5 Å². The van der Waals surface area contributed by atoms with Gasteiger partial charge in [-0.2, -0.15) is 5.10 Å². The lowest BCUT2D eigenvalue weighted by Crippen LogP contribution is -1.82. The van der Waals surface area contributed by atoms with E-state index in [2.05, 4.69) is 15.2 Å². The molecule has 3 aromatic rings. The van der Waals surface area contributed by atoms with Crippen LogP contribution >= 0.6 is 34.5 Å². The van der Waals surface area contributed by atoms with Crippen LogP contribution in [0.3, 0.4) is 0 Å². The highest BCUT2D eigenvalue weighted by Crippen LogP contribution is 2.30. The lowest BCUT2D eigenvalue weighted by Gasteiger charge is -1.99. The number of aromatic nitrogens is 3. The molecule has 0 unspecified atom stereocenters. The molecule has 3 rings (SSSR count). The largest absolute Gasteiger partial charge is 0.258 e. The Morgan fingerprint density at radius 1 is 1.17 bits per heavy atom. The summed E-state index contributed by atoms with van der Waals surface area (Å²) in [6.45, 7) is 0. The smallest absolute Gasteiger partial charge is 0.183 e. The van der Waals surface area contributed by atoms with Crippen molar-refractivity contribution < 1.29 is 0 Å². The molecule has 2 aromatic heterocycles. The van der Waals surface area contributed by atoms with Gasteiger partial charge in [-0.3, -0.25) is 5.10 Å². The van der Waals surface area contributed by atoms with E-state index in [0.29, 0.717) is 15.9 Å². The van der Waals surface area contributed by atoms with Gasteiger partial charge in [0.15, 0.2) is 11.6 Å². The Hall–Kier alpha value is -1.36. The highest BCUT2D eigenvalue weighted by atomic mass is 35.5. The number of hydrogen-bond donors (Lipinski definition) is 1. The lowest BCUT2D eigenvalue weighted by atomic mass is 10.2. The van der Waals surface area contributed by atoms with E-state index in [1.165, 1.54) is 0 Å². The number of nitrogens with zero attached hydrogens (tertiary/aromatic N) is 2. The maximum atomic E-state index is 6.11. The molecule has 0 aliphatic heterocycles. The van der Waals surface area contributed by atoms with Gasteiger partial charge in [-0.05, 0) is 29.6 Å². The first-order valence-corrected chi connectivity index (χ1v) is 6.79. The van der Waals surface area contributed by atoms with Crippen molar-refractivity contribution in [3.05, 3.63) is 45.8 Å². The molecule has 0 amide bonds. The van der Waals surface area contributed by atoms with Gasteiger partial charge in [0.25, 0.3) is 0 Å². The third-order valence-corrected chi connectivity index (χ3v) is 3.85. The molecule has 0 spiro atoms. The second kappa shape index (κ2) is 4.72. The molecule has 6 heteroatoms. The van der Waals surface area contributed by atoms with Gasteiger partial charge < -0.3 is 0 Å². The number of hydrogen-bond acceptors (Lipinski definition) is 3. The second-order valence-corrected chi connectivity index (χ2v) is 5.40. The molecule has 1 aromatic carbocycles. The number of H-pyrrole nitrogens is 1. The molecule has 0 bridgehead atoms. The van der Waals surface area contributed by atoms with Gasteiger partial charge in [-0.25, -0.2) is 4.98 Å². The van der Waals surface area contributed by atoms with E-state index in [0.717, 1.165) is 16.3 Å². The van der Waals surface area contributed by atoms with E-state index >= 15 is 0 Å². The maximum Gasteiger partial charge on any atom is 0.183 e. The molecule has 3 nitrogen and oxygen atoms in total. The number of aromatic amines is 1. The first kappa shape index (κ1) is 11.7. The van der Waals surface area contributed by atoms with Crippen molar-refractivity contribution >= 4 is 34.5 Å². The Balaban J connectivity index is 2.05. The minimum Gasteiger partial charge on any atom is -0.258 e. The topological polar surface area (TPSA) is 41.6 Å². The van der Waals surface area contributed by atoms with Crippen LogP contribution in [0.1, 0.15) is 0 Å². The third kappa shape index (κ3) is 2.14. The van der Waals surface area contributed by atoms with Gasteiger partial charge in [-0.1, -0.05) is 29.3 Å². The van der Waals surface area contributed by atoms with Crippen molar-refractivity contribution in [1.29, 1.82) is 0 Å². The third-order valence-electron chi connectivity index (χ3n) is 2.41. The van der Waals surface area contributed by atoms with Crippen LogP contribution in [0.25, 0.3) is 22.1 Å². The fourth-order valence-corrected chi connectivity index (χ4v) is 2.61. The first-order chi connectivity index (χ1) is 8.74. The van der Waals surface area contributed by atoms with Crippen molar-refractivity contribution in [2.24, 2.45) is 0 Å². The minimum atomic E-state index is 0.547. The van der Waals surface area contributed by atoms with Gasteiger partial charge in [0.05, 0.1) is 9.90 Å². The summed E-state index contributed by atoms with van der Waals surface area (Å²) in [7, 11) is 0.